The first kappa shape index (κ1) is 15.3. The lowest BCUT2D eigenvalue weighted by Crippen LogP contribution is -2.58. The van der Waals surface area contributed by atoms with Gasteiger partial charge in [0.25, 0.3) is 0 Å². The minimum atomic E-state index is 0.0391. The van der Waals surface area contributed by atoms with Gasteiger partial charge in [-0.25, -0.2) is 0 Å². The van der Waals surface area contributed by atoms with Crippen molar-refractivity contribution in [2.24, 2.45) is 0 Å². The summed E-state index contributed by atoms with van der Waals surface area (Å²) in [6, 6.07) is 0.280. The first-order chi connectivity index (χ1) is 10.1. The van der Waals surface area contributed by atoms with E-state index < -0.39 is 0 Å². The molecule has 0 spiro atoms. The Hall–Kier alpha value is -0.600. The first-order valence-electron chi connectivity index (χ1n) is 7.62. The Kier molecular flexibility index (Phi) is 4.56. The fraction of sp³-hybridized carbons (Fsp3) is 0.923. The van der Waals surface area contributed by atoms with Crippen molar-refractivity contribution in [2.45, 2.75) is 36.7 Å². The van der Waals surface area contributed by atoms with Crippen molar-refractivity contribution in [1.82, 2.24) is 20.6 Å². The summed E-state index contributed by atoms with van der Waals surface area (Å²) in [6.45, 7) is 3.22. The Labute approximate surface area is 130 Å². The van der Waals surface area contributed by atoms with Crippen LogP contribution < -0.4 is 5.53 Å². The van der Waals surface area contributed by atoms with Crippen LogP contribution >= 0.6 is 11.6 Å². The maximum absolute atomic E-state index is 10.2. The maximum atomic E-state index is 10.2. The van der Waals surface area contributed by atoms with Crippen LogP contribution in [0.1, 0.15) is 19.3 Å². The zero-order chi connectivity index (χ0) is 15.0. The summed E-state index contributed by atoms with van der Waals surface area (Å²) in [5.41, 5.74) is 3.10. The lowest BCUT2D eigenvalue weighted by molar-refractivity contribution is -0.478. The van der Waals surface area contributed by atoms with Crippen molar-refractivity contribution in [3.05, 3.63) is 0 Å². The van der Waals surface area contributed by atoms with Gasteiger partial charge in [0.05, 0.1) is 46.4 Å². The van der Waals surface area contributed by atoms with Gasteiger partial charge in [-0.15, -0.1) is 11.6 Å². The number of fused-ring (bicyclic) bond motifs is 1. The number of rotatable bonds is 0. The number of alkyl halides is 1. The SMILES string of the molecule is C[N+](C)=C(N1CCOCC1)N1NN(O)C2CC(Cl)CCC21. The fourth-order valence-corrected chi connectivity index (χ4v) is 3.82. The number of halogens is 1. The molecule has 1 saturated carbocycles. The lowest BCUT2D eigenvalue weighted by Gasteiger charge is -2.33. The summed E-state index contributed by atoms with van der Waals surface area (Å²) in [5.74, 6) is 1.08. The van der Waals surface area contributed by atoms with Crippen LogP contribution in [0.4, 0.5) is 0 Å². The molecule has 2 heterocycles. The van der Waals surface area contributed by atoms with E-state index in [1.807, 2.05) is 14.1 Å². The average molecular weight is 319 g/mol. The topological polar surface area (TPSA) is 54.2 Å². The number of hydrogen-bond donors (Lipinski definition) is 2. The molecule has 0 aromatic carbocycles. The third-order valence-corrected chi connectivity index (χ3v) is 4.88. The van der Waals surface area contributed by atoms with Gasteiger partial charge in [-0.2, -0.15) is 5.01 Å². The quantitative estimate of drug-likeness (QED) is 0.282. The van der Waals surface area contributed by atoms with Crippen molar-refractivity contribution in [2.75, 3.05) is 40.4 Å². The zero-order valence-corrected chi connectivity index (χ0v) is 13.5. The Morgan fingerprint density at radius 1 is 1.24 bits per heavy atom. The Morgan fingerprint density at radius 2 is 1.95 bits per heavy atom. The minimum absolute atomic E-state index is 0.0391. The summed E-state index contributed by atoms with van der Waals surface area (Å²) < 4.78 is 7.54. The molecule has 2 N–H and O–H groups in total. The molecular formula is C13H25ClN5O2+. The number of nitrogens with one attached hydrogen (secondary N) is 1. The molecule has 120 valence electrons. The average Bonchev–Trinajstić information content (AvgIpc) is 2.77. The Morgan fingerprint density at radius 3 is 2.62 bits per heavy atom. The van der Waals surface area contributed by atoms with Gasteiger partial charge in [-0.05, 0) is 19.3 Å². The number of hydrogen-bond acceptors (Lipinski definition) is 4. The fourth-order valence-electron chi connectivity index (χ4n) is 3.51. The van der Waals surface area contributed by atoms with Crippen molar-refractivity contribution in [3.63, 3.8) is 0 Å². The summed E-state index contributed by atoms with van der Waals surface area (Å²) >= 11 is 6.26. The molecule has 21 heavy (non-hydrogen) atoms. The van der Waals surface area contributed by atoms with Crippen LogP contribution in [0.25, 0.3) is 0 Å². The second-order valence-corrected chi connectivity index (χ2v) is 6.77. The van der Waals surface area contributed by atoms with Crippen molar-refractivity contribution in [1.29, 1.82) is 0 Å². The summed E-state index contributed by atoms with van der Waals surface area (Å²) in [5, 5.41) is 13.7. The van der Waals surface area contributed by atoms with Crippen LogP contribution in [-0.4, -0.2) is 88.7 Å². The van der Waals surface area contributed by atoms with Crippen LogP contribution in [0.3, 0.4) is 0 Å². The van der Waals surface area contributed by atoms with Gasteiger partial charge in [0.15, 0.2) is 0 Å². The maximum Gasteiger partial charge on any atom is 0.369 e. The molecule has 0 amide bonds. The van der Waals surface area contributed by atoms with E-state index in [9.17, 15) is 5.21 Å². The highest BCUT2D eigenvalue weighted by molar-refractivity contribution is 6.20. The third kappa shape index (κ3) is 2.98. The zero-order valence-electron chi connectivity index (χ0n) is 12.7. The molecule has 7 nitrogen and oxygen atoms in total. The van der Waals surface area contributed by atoms with E-state index in [1.54, 1.807) is 0 Å². The standard InChI is InChI=1S/C13H25ClN5O2/c1-16(2)13(17-5-7-21-8-6-17)18-11-4-3-10(14)9-12(11)19(20)15-18/h10-12,15,20H,3-9H2,1-2H3/q+1. The number of hydrazine groups is 2. The van der Waals surface area contributed by atoms with Gasteiger partial charge in [0, 0.05) is 5.38 Å². The molecule has 2 saturated heterocycles. The Bertz CT molecular complexity index is 411. The molecule has 3 unspecified atom stereocenters. The molecule has 3 fully saturated rings. The largest absolute Gasteiger partial charge is 0.375 e. The van der Waals surface area contributed by atoms with Gasteiger partial charge < -0.3 is 4.74 Å². The number of hydroxylamine groups is 1. The van der Waals surface area contributed by atoms with E-state index in [2.05, 4.69) is 20.0 Å². The van der Waals surface area contributed by atoms with Crippen LogP contribution in [0.5, 0.6) is 0 Å². The first-order valence-corrected chi connectivity index (χ1v) is 8.06. The van der Waals surface area contributed by atoms with Crippen molar-refractivity contribution < 1.29 is 14.5 Å². The van der Waals surface area contributed by atoms with E-state index in [1.165, 1.54) is 5.17 Å². The number of nitrogens with zero attached hydrogens (tertiary/aromatic N) is 4. The van der Waals surface area contributed by atoms with Gasteiger partial charge in [0.1, 0.15) is 6.04 Å². The molecular weight excluding hydrogens is 294 g/mol. The van der Waals surface area contributed by atoms with Crippen LogP contribution in [0.2, 0.25) is 0 Å². The molecule has 2 aliphatic heterocycles. The normalized spacial score (nSPS) is 34.0. The monoisotopic (exact) mass is 318 g/mol. The minimum Gasteiger partial charge on any atom is -0.375 e. The van der Waals surface area contributed by atoms with Crippen LogP contribution in [-0.2, 0) is 4.74 Å². The smallest absolute Gasteiger partial charge is 0.369 e. The van der Waals surface area contributed by atoms with Gasteiger partial charge in [-0.1, -0.05) is 10.7 Å². The summed E-state index contributed by atoms with van der Waals surface area (Å²) in [7, 11) is 4.07. The third-order valence-electron chi connectivity index (χ3n) is 4.48. The molecule has 3 atom stereocenters. The summed E-state index contributed by atoms with van der Waals surface area (Å²) in [6.07, 6.45) is 2.76. The van der Waals surface area contributed by atoms with Gasteiger partial charge in [-0.3, -0.25) is 14.7 Å². The molecule has 0 radical (unpaired) electrons. The van der Waals surface area contributed by atoms with Crippen molar-refractivity contribution in [3.8, 4) is 0 Å². The molecule has 0 aromatic heterocycles. The van der Waals surface area contributed by atoms with E-state index in [0.29, 0.717) is 0 Å². The van der Waals surface area contributed by atoms with E-state index >= 15 is 0 Å². The number of guanidine groups is 1. The molecule has 3 aliphatic rings. The highest BCUT2D eigenvalue weighted by Gasteiger charge is 2.50. The second-order valence-electron chi connectivity index (χ2n) is 6.15. The predicted molar refractivity (Wildman–Crippen MR) is 79.2 cm³/mol. The number of ether oxygens (including phenoxy) is 1. The highest BCUT2D eigenvalue weighted by atomic mass is 35.5. The van der Waals surface area contributed by atoms with Gasteiger partial charge in [0.2, 0.25) is 0 Å². The van der Waals surface area contributed by atoms with Crippen LogP contribution in [0, 0.1) is 0 Å². The molecule has 0 bridgehead atoms. The predicted octanol–water partition coefficient (Wildman–Crippen LogP) is -0.0984. The van der Waals surface area contributed by atoms with E-state index in [0.717, 1.165) is 51.5 Å². The highest BCUT2D eigenvalue weighted by Crippen LogP contribution is 2.32. The molecule has 8 heteroatoms. The van der Waals surface area contributed by atoms with Crippen LogP contribution in [0.15, 0.2) is 0 Å². The molecule has 3 rings (SSSR count). The lowest BCUT2D eigenvalue weighted by atomic mass is 9.90. The number of morpholine rings is 1. The van der Waals surface area contributed by atoms with E-state index in [-0.39, 0.29) is 17.5 Å². The van der Waals surface area contributed by atoms with Crippen molar-refractivity contribution >= 4 is 17.6 Å². The van der Waals surface area contributed by atoms with Gasteiger partial charge >= 0.3 is 5.96 Å². The molecule has 1 aliphatic carbocycles. The molecule has 0 aromatic rings. The second kappa shape index (κ2) is 6.26. The Balaban J connectivity index is 1.82. The summed E-state index contributed by atoms with van der Waals surface area (Å²) in [4.78, 5) is 2.31. The van der Waals surface area contributed by atoms with E-state index in [4.69, 9.17) is 16.3 Å².